The summed E-state index contributed by atoms with van der Waals surface area (Å²) in [5.41, 5.74) is -0.348. The van der Waals surface area contributed by atoms with E-state index in [4.69, 9.17) is 14.2 Å². The number of fused-ring (bicyclic) bond motifs is 3. The number of rotatable bonds is 5. The minimum atomic E-state index is -1.22. The Morgan fingerprint density at radius 3 is 2.73 bits per heavy atom. The smallest absolute Gasteiger partial charge is 0.337 e. The second kappa shape index (κ2) is 8.20. The second-order valence-electron chi connectivity index (χ2n) is 8.06. The van der Waals surface area contributed by atoms with E-state index in [1.54, 1.807) is 13.0 Å². The third-order valence-electron chi connectivity index (χ3n) is 5.94. The number of ether oxygens (including phenoxy) is 3. The van der Waals surface area contributed by atoms with Gasteiger partial charge >= 0.3 is 17.9 Å². The molecule has 0 aromatic heterocycles. The van der Waals surface area contributed by atoms with Crippen molar-refractivity contribution in [3.8, 4) is 0 Å². The van der Waals surface area contributed by atoms with Crippen molar-refractivity contribution in [3.63, 3.8) is 0 Å². The van der Waals surface area contributed by atoms with Gasteiger partial charge in [-0.25, -0.2) is 9.59 Å². The molecule has 1 saturated carbocycles. The first kappa shape index (κ1) is 22.0. The molecule has 0 radical (unpaired) electrons. The van der Waals surface area contributed by atoms with Gasteiger partial charge in [0.25, 0.3) is 0 Å². The molecule has 0 aromatic carbocycles. The van der Waals surface area contributed by atoms with Crippen molar-refractivity contribution >= 4 is 17.9 Å². The van der Waals surface area contributed by atoms with Crippen molar-refractivity contribution in [1.82, 2.24) is 0 Å². The molecule has 3 rings (SSSR count). The molecule has 0 bridgehead atoms. The number of aliphatic hydroxyl groups is 2. The molecule has 0 spiro atoms. The van der Waals surface area contributed by atoms with E-state index in [1.165, 1.54) is 13.0 Å². The molecule has 162 valence electrons. The van der Waals surface area contributed by atoms with Gasteiger partial charge in [-0.05, 0) is 13.0 Å². The van der Waals surface area contributed by atoms with Gasteiger partial charge in [-0.3, -0.25) is 4.79 Å². The predicted octanol–water partition coefficient (Wildman–Crippen LogP) is 0.991. The van der Waals surface area contributed by atoms with Crippen molar-refractivity contribution in [2.75, 3.05) is 13.2 Å². The zero-order valence-electron chi connectivity index (χ0n) is 17.0. The Balaban J connectivity index is 1.90. The highest BCUT2D eigenvalue weighted by molar-refractivity contribution is 5.92. The Labute approximate surface area is 174 Å². The first-order valence-corrected chi connectivity index (χ1v) is 9.70. The molecule has 0 aromatic rings. The van der Waals surface area contributed by atoms with Gasteiger partial charge in [0.05, 0.1) is 23.7 Å². The van der Waals surface area contributed by atoms with Crippen LogP contribution in [-0.4, -0.2) is 59.1 Å². The third kappa shape index (κ3) is 3.97. The van der Waals surface area contributed by atoms with Crippen molar-refractivity contribution in [2.45, 2.75) is 38.1 Å². The van der Waals surface area contributed by atoms with E-state index in [0.29, 0.717) is 0 Å². The van der Waals surface area contributed by atoms with Crippen molar-refractivity contribution in [1.29, 1.82) is 0 Å². The molecule has 2 N–H and O–H groups in total. The van der Waals surface area contributed by atoms with Gasteiger partial charge in [0.1, 0.15) is 18.8 Å². The Morgan fingerprint density at radius 1 is 1.40 bits per heavy atom. The van der Waals surface area contributed by atoms with Crippen LogP contribution in [0.1, 0.15) is 20.3 Å². The summed E-state index contributed by atoms with van der Waals surface area (Å²) >= 11 is 0. The van der Waals surface area contributed by atoms with E-state index >= 15 is 0 Å². The number of carbonyl (C=O) groups excluding carboxylic acids is 3. The SMILES string of the molecule is C=C1CC(OC(=O)C(=CCO)COC(C)=O)C2C(=C)C(=O)OC2C2C1C=CC2(C)O. The zero-order valence-corrected chi connectivity index (χ0v) is 17.0. The lowest BCUT2D eigenvalue weighted by atomic mass is 9.76. The fraction of sp³-hybridized carbons (Fsp3) is 0.500. The summed E-state index contributed by atoms with van der Waals surface area (Å²) in [6.07, 6.45) is 3.39. The van der Waals surface area contributed by atoms with E-state index in [0.717, 1.165) is 5.57 Å². The van der Waals surface area contributed by atoms with Crippen LogP contribution in [0.2, 0.25) is 0 Å². The van der Waals surface area contributed by atoms with E-state index in [-0.39, 0.29) is 30.1 Å². The molecule has 1 aliphatic heterocycles. The average molecular weight is 418 g/mol. The Bertz CT molecular complexity index is 849. The van der Waals surface area contributed by atoms with E-state index < -0.39 is 54.2 Å². The quantitative estimate of drug-likeness (QED) is 0.294. The van der Waals surface area contributed by atoms with Crippen LogP contribution in [0, 0.1) is 17.8 Å². The van der Waals surface area contributed by atoms with Crippen LogP contribution in [-0.2, 0) is 28.6 Å². The summed E-state index contributed by atoms with van der Waals surface area (Å²) in [7, 11) is 0. The maximum atomic E-state index is 12.7. The number of hydrogen-bond donors (Lipinski definition) is 2. The molecule has 6 atom stereocenters. The molecule has 8 heteroatoms. The summed E-state index contributed by atoms with van der Waals surface area (Å²) in [6.45, 7) is 9.97. The molecule has 2 aliphatic carbocycles. The Morgan fingerprint density at radius 2 is 2.10 bits per heavy atom. The van der Waals surface area contributed by atoms with Crippen LogP contribution in [0.4, 0.5) is 0 Å². The van der Waals surface area contributed by atoms with Crippen LogP contribution >= 0.6 is 0 Å². The molecular weight excluding hydrogens is 392 g/mol. The molecular formula is C22H26O8. The van der Waals surface area contributed by atoms with Crippen LogP contribution in [0.3, 0.4) is 0 Å². The fourth-order valence-corrected chi connectivity index (χ4v) is 4.50. The fourth-order valence-electron chi connectivity index (χ4n) is 4.50. The second-order valence-corrected chi connectivity index (χ2v) is 8.06. The average Bonchev–Trinajstić information content (AvgIpc) is 3.08. The third-order valence-corrected chi connectivity index (χ3v) is 5.94. The van der Waals surface area contributed by atoms with Gasteiger partial charge in [-0.1, -0.05) is 30.9 Å². The Hall–Kier alpha value is -2.71. The van der Waals surface area contributed by atoms with E-state index in [9.17, 15) is 24.6 Å². The maximum Gasteiger partial charge on any atom is 0.337 e. The first-order valence-electron chi connectivity index (χ1n) is 9.70. The minimum Gasteiger partial charge on any atom is -0.461 e. The van der Waals surface area contributed by atoms with Crippen molar-refractivity contribution in [3.05, 3.63) is 48.1 Å². The lowest BCUT2D eigenvalue weighted by Gasteiger charge is -2.34. The van der Waals surface area contributed by atoms with Gasteiger partial charge in [0.15, 0.2) is 0 Å². The predicted molar refractivity (Wildman–Crippen MR) is 105 cm³/mol. The van der Waals surface area contributed by atoms with Crippen LogP contribution < -0.4 is 0 Å². The van der Waals surface area contributed by atoms with Gasteiger partial charge in [0, 0.05) is 30.8 Å². The number of esters is 3. The van der Waals surface area contributed by atoms with Gasteiger partial charge in [0.2, 0.25) is 0 Å². The summed E-state index contributed by atoms with van der Waals surface area (Å²) in [5.74, 6) is -3.35. The minimum absolute atomic E-state index is 0.0259. The summed E-state index contributed by atoms with van der Waals surface area (Å²) in [6, 6.07) is 0. The molecule has 30 heavy (non-hydrogen) atoms. The topological polar surface area (TPSA) is 119 Å². The molecule has 2 fully saturated rings. The number of carbonyl (C=O) groups is 3. The van der Waals surface area contributed by atoms with Crippen molar-refractivity contribution < 1.29 is 38.8 Å². The lowest BCUT2D eigenvalue weighted by Crippen LogP contribution is -2.44. The molecule has 0 amide bonds. The molecule has 1 heterocycles. The van der Waals surface area contributed by atoms with Crippen LogP contribution in [0.25, 0.3) is 0 Å². The van der Waals surface area contributed by atoms with E-state index in [1.807, 2.05) is 6.08 Å². The molecule has 8 nitrogen and oxygen atoms in total. The summed E-state index contributed by atoms with van der Waals surface area (Å²) in [5, 5.41) is 20.0. The zero-order chi connectivity index (χ0) is 22.2. The first-order chi connectivity index (χ1) is 14.1. The highest BCUT2D eigenvalue weighted by Gasteiger charge is 2.58. The summed E-state index contributed by atoms with van der Waals surface area (Å²) in [4.78, 5) is 36.1. The maximum absolute atomic E-state index is 12.7. The van der Waals surface area contributed by atoms with Crippen LogP contribution in [0.15, 0.2) is 48.1 Å². The van der Waals surface area contributed by atoms with Gasteiger partial charge < -0.3 is 24.4 Å². The monoisotopic (exact) mass is 418 g/mol. The summed E-state index contributed by atoms with van der Waals surface area (Å²) < 4.78 is 16.1. The normalized spacial score (nSPS) is 35.4. The highest BCUT2D eigenvalue weighted by atomic mass is 16.6. The lowest BCUT2D eigenvalue weighted by molar-refractivity contribution is -0.151. The van der Waals surface area contributed by atoms with Gasteiger partial charge in [-0.2, -0.15) is 0 Å². The number of hydrogen-bond acceptors (Lipinski definition) is 8. The Kier molecular flexibility index (Phi) is 6.01. The molecule has 3 aliphatic rings. The van der Waals surface area contributed by atoms with E-state index in [2.05, 4.69) is 13.2 Å². The van der Waals surface area contributed by atoms with Crippen LogP contribution in [0.5, 0.6) is 0 Å². The standard InChI is InChI=1S/C22H26O8/c1-11-9-16(29-21(26)14(6-8-23)10-28-13(3)24)17-12(2)20(25)30-19(17)18-15(11)5-7-22(18,4)27/h5-7,15-19,23,27H,1-2,8-10H2,3-4H3. The molecule has 6 unspecified atom stereocenters. The van der Waals surface area contributed by atoms with Crippen molar-refractivity contribution in [2.24, 2.45) is 17.8 Å². The number of allylic oxidation sites excluding steroid dienone is 1. The largest absolute Gasteiger partial charge is 0.461 e. The number of aliphatic hydroxyl groups excluding tert-OH is 1. The highest BCUT2D eigenvalue weighted by Crippen LogP contribution is 2.51. The van der Waals surface area contributed by atoms with Gasteiger partial charge in [-0.15, -0.1) is 0 Å². The molecule has 1 saturated heterocycles.